The third kappa shape index (κ3) is 4.20. The van der Waals surface area contributed by atoms with E-state index in [9.17, 15) is 0 Å². The fourth-order valence-electron chi connectivity index (χ4n) is 1.10. The molecule has 2 N–H and O–H groups in total. The number of unbranched alkanes of at least 4 members (excludes halogenated alkanes) is 1. The zero-order valence-electron chi connectivity index (χ0n) is 7.90. The zero-order valence-corrected chi connectivity index (χ0v) is 7.90. The second-order valence-corrected chi connectivity index (χ2v) is 3.46. The molecule has 0 aromatic carbocycles. The molecule has 0 radical (unpaired) electrons. The maximum Gasteiger partial charge on any atom is -0.00773 e. The highest BCUT2D eigenvalue weighted by molar-refractivity contribution is 4.89. The van der Waals surface area contributed by atoms with Gasteiger partial charge in [0.1, 0.15) is 0 Å². The standard InChI is InChI=1S/C10H21N/c1-4-10(3,5-2)8-6-7-9-11/h4H,1,5-9,11H2,2-3H3. The average molecular weight is 155 g/mol. The van der Waals surface area contributed by atoms with E-state index in [0.717, 1.165) is 13.0 Å². The minimum atomic E-state index is 0.342. The van der Waals surface area contributed by atoms with Crippen molar-refractivity contribution in [2.24, 2.45) is 11.1 Å². The Balaban J connectivity index is 3.60. The first-order valence-electron chi connectivity index (χ1n) is 4.52. The lowest BCUT2D eigenvalue weighted by Crippen LogP contribution is -2.11. The quantitative estimate of drug-likeness (QED) is 0.463. The van der Waals surface area contributed by atoms with Crippen molar-refractivity contribution in [2.75, 3.05) is 6.54 Å². The van der Waals surface area contributed by atoms with Crippen LogP contribution in [0.1, 0.15) is 39.5 Å². The first kappa shape index (κ1) is 10.7. The van der Waals surface area contributed by atoms with Gasteiger partial charge >= 0.3 is 0 Å². The van der Waals surface area contributed by atoms with Crippen LogP contribution >= 0.6 is 0 Å². The number of hydrogen-bond donors (Lipinski definition) is 1. The number of rotatable bonds is 6. The summed E-state index contributed by atoms with van der Waals surface area (Å²) in [6.07, 6.45) is 6.85. The van der Waals surface area contributed by atoms with E-state index in [-0.39, 0.29) is 0 Å². The van der Waals surface area contributed by atoms with Crippen LogP contribution < -0.4 is 5.73 Å². The van der Waals surface area contributed by atoms with E-state index >= 15 is 0 Å². The van der Waals surface area contributed by atoms with Gasteiger partial charge < -0.3 is 5.73 Å². The number of hydrogen-bond acceptors (Lipinski definition) is 1. The highest BCUT2D eigenvalue weighted by Crippen LogP contribution is 2.28. The Bertz CT molecular complexity index is 109. The lowest BCUT2D eigenvalue weighted by Gasteiger charge is -2.23. The molecule has 0 fully saturated rings. The molecule has 0 aliphatic rings. The van der Waals surface area contributed by atoms with Gasteiger partial charge in [0.25, 0.3) is 0 Å². The molecule has 0 saturated carbocycles. The van der Waals surface area contributed by atoms with E-state index in [1.807, 2.05) is 0 Å². The smallest absolute Gasteiger partial charge is 0.00773 e. The minimum Gasteiger partial charge on any atom is -0.330 e. The summed E-state index contributed by atoms with van der Waals surface area (Å²) in [5.74, 6) is 0. The van der Waals surface area contributed by atoms with Crippen LogP contribution in [-0.2, 0) is 0 Å². The van der Waals surface area contributed by atoms with Crippen LogP contribution in [0.3, 0.4) is 0 Å². The fourth-order valence-corrected chi connectivity index (χ4v) is 1.10. The molecular weight excluding hydrogens is 134 g/mol. The molecule has 0 aromatic rings. The zero-order chi connectivity index (χ0) is 8.74. The third-order valence-corrected chi connectivity index (χ3v) is 2.50. The van der Waals surface area contributed by atoms with Crippen molar-refractivity contribution < 1.29 is 0 Å². The molecule has 0 spiro atoms. The lowest BCUT2D eigenvalue weighted by atomic mass is 9.82. The molecule has 0 aliphatic carbocycles. The molecule has 11 heavy (non-hydrogen) atoms. The Morgan fingerprint density at radius 3 is 2.45 bits per heavy atom. The molecule has 1 heteroatoms. The average Bonchev–Trinajstić information content (AvgIpc) is 2.05. The van der Waals surface area contributed by atoms with Crippen molar-refractivity contribution in [3.05, 3.63) is 12.7 Å². The van der Waals surface area contributed by atoms with E-state index in [4.69, 9.17) is 5.73 Å². The Morgan fingerprint density at radius 2 is 2.09 bits per heavy atom. The highest BCUT2D eigenvalue weighted by Gasteiger charge is 2.15. The summed E-state index contributed by atoms with van der Waals surface area (Å²) >= 11 is 0. The van der Waals surface area contributed by atoms with Gasteiger partial charge in [0, 0.05) is 0 Å². The largest absolute Gasteiger partial charge is 0.330 e. The highest BCUT2D eigenvalue weighted by atomic mass is 14.5. The fraction of sp³-hybridized carbons (Fsp3) is 0.800. The van der Waals surface area contributed by atoms with Gasteiger partial charge in [-0.2, -0.15) is 0 Å². The second kappa shape index (κ2) is 5.36. The van der Waals surface area contributed by atoms with Crippen molar-refractivity contribution in [2.45, 2.75) is 39.5 Å². The molecule has 0 amide bonds. The predicted molar refractivity (Wildman–Crippen MR) is 51.5 cm³/mol. The van der Waals surface area contributed by atoms with Crippen molar-refractivity contribution in [1.29, 1.82) is 0 Å². The van der Waals surface area contributed by atoms with Gasteiger partial charge in [0.05, 0.1) is 0 Å². The van der Waals surface area contributed by atoms with E-state index in [0.29, 0.717) is 5.41 Å². The van der Waals surface area contributed by atoms with Crippen molar-refractivity contribution >= 4 is 0 Å². The number of allylic oxidation sites excluding steroid dienone is 1. The summed E-state index contributed by atoms with van der Waals surface area (Å²) in [5.41, 5.74) is 5.76. The van der Waals surface area contributed by atoms with Crippen molar-refractivity contribution in [1.82, 2.24) is 0 Å². The van der Waals surface area contributed by atoms with E-state index in [1.165, 1.54) is 19.3 Å². The minimum absolute atomic E-state index is 0.342. The lowest BCUT2D eigenvalue weighted by molar-refractivity contribution is 0.362. The normalized spacial score (nSPS) is 15.9. The first-order valence-corrected chi connectivity index (χ1v) is 4.52. The van der Waals surface area contributed by atoms with Crippen molar-refractivity contribution in [3.63, 3.8) is 0 Å². The Kier molecular flexibility index (Phi) is 5.22. The van der Waals surface area contributed by atoms with Crippen molar-refractivity contribution in [3.8, 4) is 0 Å². The molecule has 66 valence electrons. The van der Waals surface area contributed by atoms with Gasteiger partial charge in [-0.1, -0.05) is 26.3 Å². The van der Waals surface area contributed by atoms with Crippen LogP contribution in [0.15, 0.2) is 12.7 Å². The van der Waals surface area contributed by atoms with Crippen LogP contribution in [-0.4, -0.2) is 6.54 Å². The van der Waals surface area contributed by atoms with Gasteiger partial charge in [0.2, 0.25) is 0 Å². The monoisotopic (exact) mass is 155 g/mol. The molecule has 1 unspecified atom stereocenters. The summed E-state index contributed by atoms with van der Waals surface area (Å²) in [6, 6.07) is 0. The summed E-state index contributed by atoms with van der Waals surface area (Å²) in [7, 11) is 0. The van der Waals surface area contributed by atoms with Crippen LogP contribution in [0.25, 0.3) is 0 Å². The topological polar surface area (TPSA) is 26.0 Å². The van der Waals surface area contributed by atoms with Crippen LogP contribution in [0.2, 0.25) is 0 Å². The molecule has 0 saturated heterocycles. The molecule has 0 bridgehead atoms. The first-order chi connectivity index (χ1) is 5.18. The van der Waals surface area contributed by atoms with Gasteiger partial charge in [0.15, 0.2) is 0 Å². The third-order valence-electron chi connectivity index (χ3n) is 2.50. The maximum absolute atomic E-state index is 5.41. The second-order valence-electron chi connectivity index (χ2n) is 3.46. The summed E-state index contributed by atoms with van der Waals surface area (Å²) in [6.45, 7) is 9.14. The maximum atomic E-state index is 5.41. The van der Waals surface area contributed by atoms with Crippen LogP contribution in [0, 0.1) is 5.41 Å². The van der Waals surface area contributed by atoms with Crippen LogP contribution in [0.5, 0.6) is 0 Å². The molecular formula is C10H21N. The molecule has 1 atom stereocenters. The molecule has 0 aromatic heterocycles. The number of nitrogens with two attached hydrogens (primary N) is 1. The molecule has 1 nitrogen and oxygen atoms in total. The Labute approximate surface area is 70.7 Å². The van der Waals surface area contributed by atoms with Gasteiger partial charge in [-0.3, -0.25) is 0 Å². The summed E-state index contributed by atoms with van der Waals surface area (Å²) in [4.78, 5) is 0. The SMILES string of the molecule is C=CC(C)(CC)CCCCN. The predicted octanol–water partition coefficient (Wildman–Crippen LogP) is 2.72. The molecule has 0 rings (SSSR count). The van der Waals surface area contributed by atoms with E-state index < -0.39 is 0 Å². The van der Waals surface area contributed by atoms with E-state index in [2.05, 4.69) is 26.5 Å². The van der Waals surface area contributed by atoms with Crippen LogP contribution in [0.4, 0.5) is 0 Å². The van der Waals surface area contributed by atoms with Gasteiger partial charge in [-0.15, -0.1) is 6.58 Å². The molecule has 0 heterocycles. The van der Waals surface area contributed by atoms with Gasteiger partial charge in [-0.25, -0.2) is 0 Å². The van der Waals surface area contributed by atoms with Gasteiger partial charge in [-0.05, 0) is 31.2 Å². The summed E-state index contributed by atoms with van der Waals surface area (Å²) in [5, 5.41) is 0. The Morgan fingerprint density at radius 1 is 1.45 bits per heavy atom. The Hall–Kier alpha value is -0.300. The molecule has 0 aliphatic heterocycles. The van der Waals surface area contributed by atoms with E-state index in [1.54, 1.807) is 0 Å². The summed E-state index contributed by atoms with van der Waals surface area (Å²) < 4.78 is 0.